The van der Waals surface area contributed by atoms with Crippen molar-refractivity contribution in [1.29, 1.82) is 0 Å². The number of nitrogens with zero attached hydrogens (tertiary/aromatic N) is 1. The van der Waals surface area contributed by atoms with E-state index in [1.165, 1.54) is 0 Å². The number of aromatic nitrogens is 1. The molecule has 0 fully saturated rings. The lowest BCUT2D eigenvalue weighted by molar-refractivity contribution is 0.583. The maximum absolute atomic E-state index is 12.2. The lowest BCUT2D eigenvalue weighted by atomic mass is 10.2. The van der Waals surface area contributed by atoms with Gasteiger partial charge in [0.25, 0.3) is 0 Å². The predicted octanol–water partition coefficient (Wildman–Crippen LogP) is 2.97. The second kappa shape index (κ2) is 5.16. The summed E-state index contributed by atoms with van der Waals surface area (Å²) < 4.78 is 26.1. The molecule has 0 amide bonds. The van der Waals surface area contributed by atoms with Gasteiger partial charge in [-0.1, -0.05) is 17.7 Å². The van der Waals surface area contributed by atoms with E-state index in [0.29, 0.717) is 10.8 Å². The topological polar surface area (TPSA) is 39.1 Å². The molecule has 1 aromatic heterocycles. The van der Waals surface area contributed by atoms with E-state index in [-0.39, 0.29) is 5.88 Å². The van der Waals surface area contributed by atoms with Crippen LogP contribution in [0.15, 0.2) is 47.5 Å². The number of rotatable bonds is 4. The van der Waals surface area contributed by atoms with E-state index in [9.17, 15) is 8.42 Å². The molecule has 0 saturated heterocycles. The Morgan fingerprint density at radius 1 is 1.17 bits per heavy atom. The van der Waals surface area contributed by atoms with Crippen LogP contribution in [0.1, 0.15) is 11.3 Å². The summed E-state index contributed by atoms with van der Waals surface area (Å²) in [6, 6.07) is 10.5. The smallest absolute Gasteiger partial charge is 0.196 e. The largest absolute Gasteiger partial charge is 0.335 e. The van der Waals surface area contributed by atoms with E-state index >= 15 is 0 Å². The fraction of sp³-hybridized carbons (Fsp3) is 0.231. The molecule has 2 rings (SSSR count). The van der Waals surface area contributed by atoms with Crippen molar-refractivity contribution in [3.8, 4) is 0 Å². The number of sulfone groups is 1. The molecule has 0 unspecified atom stereocenters. The molecular weight excluding hydrogens is 270 g/mol. The normalized spacial score (nSPS) is 11.7. The van der Waals surface area contributed by atoms with Crippen LogP contribution >= 0.6 is 11.6 Å². The molecule has 1 heterocycles. The van der Waals surface area contributed by atoms with Crippen LogP contribution in [-0.2, 0) is 21.6 Å². The van der Waals surface area contributed by atoms with Gasteiger partial charge in [-0.15, -0.1) is 11.6 Å². The monoisotopic (exact) mass is 283 g/mol. The van der Waals surface area contributed by atoms with E-state index in [2.05, 4.69) is 0 Å². The van der Waals surface area contributed by atoms with E-state index in [0.717, 1.165) is 11.3 Å². The van der Waals surface area contributed by atoms with Crippen LogP contribution in [0.4, 0.5) is 0 Å². The molecule has 18 heavy (non-hydrogen) atoms. The number of alkyl halides is 1. The maximum Gasteiger partial charge on any atom is 0.196 e. The van der Waals surface area contributed by atoms with Crippen molar-refractivity contribution >= 4 is 21.4 Å². The lowest BCUT2D eigenvalue weighted by Crippen LogP contribution is -2.12. The van der Waals surface area contributed by atoms with Gasteiger partial charge in [-0.2, -0.15) is 0 Å². The number of hydrogen-bond donors (Lipinski definition) is 0. The van der Waals surface area contributed by atoms with Gasteiger partial charge in [-0.3, -0.25) is 0 Å². The molecular formula is C13H14ClNO2S. The van der Waals surface area contributed by atoms with Crippen LogP contribution < -0.4 is 0 Å². The van der Waals surface area contributed by atoms with Gasteiger partial charge in [0.15, 0.2) is 9.84 Å². The maximum atomic E-state index is 12.2. The summed E-state index contributed by atoms with van der Waals surface area (Å²) in [7, 11) is -3.33. The Morgan fingerprint density at radius 2 is 1.83 bits per heavy atom. The van der Waals surface area contributed by atoms with Crippen molar-refractivity contribution in [3.63, 3.8) is 0 Å². The fourth-order valence-electron chi connectivity index (χ4n) is 1.70. The predicted molar refractivity (Wildman–Crippen MR) is 72.4 cm³/mol. The third-order valence-corrected chi connectivity index (χ3v) is 4.63. The molecule has 1 aromatic carbocycles. The zero-order valence-corrected chi connectivity index (χ0v) is 11.6. The van der Waals surface area contributed by atoms with Crippen molar-refractivity contribution in [3.05, 3.63) is 53.9 Å². The molecule has 0 radical (unpaired) electrons. The van der Waals surface area contributed by atoms with Crippen molar-refractivity contribution in [2.45, 2.75) is 23.6 Å². The molecule has 3 nitrogen and oxygen atoms in total. The highest BCUT2D eigenvalue weighted by molar-refractivity contribution is 7.90. The Kier molecular flexibility index (Phi) is 3.78. The van der Waals surface area contributed by atoms with Gasteiger partial charge in [-0.25, -0.2) is 8.42 Å². The average molecular weight is 284 g/mol. The SMILES string of the molecule is Cc1ccc(S(=O)(=O)Cn2cccc2CCl)cc1. The first-order valence-electron chi connectivity index (χ1n) is 5.52. The Labute approximate surface area is 112 Å². The number of benzene rings is 1. The lowest BCUT2D eigenvalue weighted by Gasteiger charge is -2.09. The summed E-state index contributed by atoms with van der Waals surface area (Å²) >= 11 is 5.75. The van der Waals surface area contributed by atoms with Crippen LogP contribution in [0.5, 0.6) is 0 Å². The first kappa shape index (κ1) is 13.2. The van der Waals surface area contributed by atoms with Gasteiger partial charge >= 0.3 is 0 Å². The second-order valence-electron chi connectivity index (χ2n) is 4.16. The third kappa shape index (κ3) is 2.76. The van der Waals surface area contributed by atoms with Gasteiger partial charge < -0.3 is 4.57 Å². The van der Waals surface area contributed by atoms with Crippen molar-refractivity contribution in [2.24, 2.45) is 0 Å². The van der Waals surface area contributed by atoms with E-state index < -0.39 is 9.84 Å². The summed E-state index contributed by atoms with van der Waals surface area (Å²) in [5, 5.41) is 0. The standard InChI is InChI=1S/C13H14ClNO2S/c1-11-4-6-13(7-5-11)18(16,17)10-15-8-2-3-12(15)9-14/h2-8H,9-10H2,1H3. The van der Waals surface area contributed by atoms with E-state index in [4.69, 9.17) is 11.6 Å². The number of hydrogen-bond acceptors (Lipinski definition) is 2. The molecule has 0 saturated carbocycles. The summed E-state index contributed by atoms with van der Waals surface area (Å²) in [6.45, 7) is 1.92. The minimum Gasteiger partial charge on any atom is -0.335 e. The Bertz CT molecular complexity index is 629. The molecule has 0 aliphatic heterocycles. The quantitative estimate of drug-likeness (QED) is 0.809. The van der Waals surface area contributed by atoms with Gasteiger partial charge in [0.1, 0.15) is 5.88 Å². The molecule has 5 heteroatoms. The molecule has 0 spiro atoms. The minimum absolute atomic E-state index is 0.0783. The van der Waals surface area contributed by atoms with Crippen LogP contribution in [0, 0.1) is 6.92 Å². The van der Waals surface area contributed by atoms with Crippen molar-refractivity contribution < 1.29 is 8.42 Å². The summed E-state index contributed by atoms with van der Waals surface area (Å²) in [5.41, 5.74) is 1.84. The van der Waals surface area contributed by atoms with Crippen molar-refractivity contribution in [2.75, 3.05) is 0 Å². The average Bonchev–Trinajstić information content (AvgIpc) is 2.76. The Hall–Kier alpha value is -1.26. The van der Waals surface area contributed by atoms with Crippen molar-refractivity contribution in [1.82, 2.24) is 4.57 Å². The summed E-state index contributed by atoms with van der Waals surface area (Å²) in [6.07, 6.45) is 1.73. The summed E-state index contributed by atoms with van der Waals surface area (Å²) in [4.78, 5) is 0.335. The zero-order valence-electron chi connectivity index (χ0n) is 10.0. The first-order chi connectivity index (χ1) is 8.53. The van der Waals surface area contributed by atoms with Crippen LogP contribution in [0.3, 0.4) is 0 Å². The third-order valence-electron chi connectivity index (χ3n) is 2.75. The molecule has 0 bridgehead atoms. The van der Waals surface area contributed by atoms with E-state index in [1.54, 1.807) is 41.1 Å². The minimum atomic E-state index is -3.33. The molecule has 96 valence electrons. The second-order valence-corrected chi connectivity index (χ2v) is 6.39. The Morgan fingerprint density at radius 3 is 2.44 bits per heavy atom. The van der Waals surface area contributed by atoms with Gasteiger partial charge in [-0.05, 0) is 31.2 Å². The molecule has 0 atom stereocenters. The highest BCUT2D eigenvalue weighted by Crippen LogP contribution is 2.16. The van der Waals surface area contributed by atoms with Crippen LogP contribution in [-0.4, -0.2) is 13.0 Å². The highest BCUT2D eigenvalue weighted by atomic mass is 35.5. The van der Waals surface area contributed by atoms with Crippen LogP contribution in [0.2, 0.25) is 0 Å². The van der Waals surface area contributed by atoms with Gasteiger partial charge in [0.05, 0.1) is 10.8 Å². The van der Waals surface area contributed by atoms with Crippen LogP contribution in [0.25, 0.3) is 0 Å². The molecule has 2 aromatic rings. The number of aryl methyl sites for hydroxylation is 1. The molecule has 0 N–H and O–H groups in total. The molecule has 0 aliphatic carbocycles. The van der Waals surface area contributed by atoms with E-state index in [1.807, 2.05) is 13.0 Å². The Balaban J connectivity index is 2.30. The highest BCUT2D eigenvalue weighted by Gasteiger charge is 2.15. The fourth-order valence-corrected chi connectivity index (χ4v) is 3.26. The number of halogens is 1. The van der Waals surface area contributed by atoms with Gasteiger partial charge in [0.2, 0.25) is 0 Å². The molecule has 0 aliphatic rings. The summed E-state index contributed by atoms with van der Waals surface area (Å²) in [5.74, 6) is 0.224. The van der Waals surface area contributed by atoms with Gasteiger partial charge in [0, 0.05) is 11.9 Å². The first-order valence-corrected chi connectivity index (χ1v) is 7.71. The zero-order chi connectivity index (χ0) is 13.2.